The molecule has 1 unspecified atom stereocenters. The van der Waals surface area contributed by atoms with Gasteiger partial charge in [0.05, 0.1) is 0 Å². The Balaban J connectivity index is 2.21. The van der Waals surface area contributed by atoms with Crippen LogP contribution in [0.15, 0.2) is 24.3 Å². The van der Waals surface area contributed by atoms with Gasteiger partial charge in [0, 0.05) is 0 Å². The minimum absolute atomic E-state index is 0.839. The van der Waals surface area contributed by atoms with E-state index >= 15 is 0 Å². The molecule has 0 aliphatic heterocycles. The lowest BCUT2D eigenvalue weighted by molar-refractivity contribution is 0.451. The summed E-state index contributed by atoms with van der Waals surface area (Å²) in [5.41, 5.74) is 0. The van der Waals surface area contributed by atoms with Gasteiger partial charge in [-0.2, -0.15) is 0 Å². The Kier molecular flexibility index (Phi) is 3.41. The lowest BCUT2D eigenvalue weighted by atomic mass is 9.93. The average Bonchev–Trinajstić information content (AvgIpc) is 2.80. The van der Waals surface area contributed by atoms with E-state index in [0.29, 0.717) is 0 Å². The first-order chi connectivity index (χ1) is 5.38. The van der Waals surface area contributed by atoms with E-state index in [1.807, 2.05) is 0 Å². The molecule has 0 aromatic rings. The van der Waals surface area contributed by atoms with Crippen LogP contribution in [0.25, 0.3) is 0 Å². The molecule has 0 aromatic carbocycles. The van der Waals surface area contributed by atoms with Gasteiger partial charge < -0.3 is 0 Å². The molecule has 0 heteroatoms. The molecule has 0 radical (unpaired) electrons. The van der Waals surface area contributed by atoms with Crippen LogP contribution in [0.4, 0.5) is 0 Å². The summed E-state index contributed by atoms with van der Waals surface area (Å²) in [7, 11) is 0. The Hall–Kier alpha value is -0.520. The van der Waals surface area contributed by atoms with Crippen LogP contribution >= 0.6 is 0 Å². The maximum Gasteiger partial charge on any atom is -0.00218 e. The van der Waals surface area contributed by atoms with Crippen molar-refractivity contribution >= 4 is 0 Å². The molecule has 0 N–H and O–H groups in total. The minimum atomic E-state index is 0.839. The standard InChI is InChI=1S/C11H18/c1-3-5-7-10(6-4-2)11-8-9-11/h3,5,8-11H,4,6-7H2,1-2H3. The zero-order chi connectivity index (χ0) is 8.10. The Morgan fingerprint density at radius 2 is 2.18 bits per heavy atom. The van der Waals surface area contributed by atoms with E-state index in [1.54, 1.807) is 0 Å². The number of rotatable bonds is 5. The van der Waals surface area contributed by atoms with Crippen LogP contribution < -0.4 is 0 Å². The predicted molar refractivity (Wildman–Crippen MR) is 50.5 cm³/mol. The molecule has 0 heterocycles. The van der Waals surface area contributed by atoms with Crippen molar-refractivity contribution in [1.29, 1.82) is 0 Å². The van der Waals surface area contributed by atoms with Gasteiger partial charge >= 0.3 is 0 Å². The van der Waals surface area contributed by atoms with Crippen molar-refractivity contribution in [3.05, 3.63) is 24.3 Å². The molecule has 0 saturated heterocycles. The Labute approximate surface area is 70.0 Å². The molecule has 62 valence electrons. The molecule has 0 fully saturated rings. The second-order valence-corrected chi connectivity index (χ2v) is 3.32. The monoisotopic (exact) mass is 150 g/mol. The highest BCUT2D eigenvalue weighted by Gasteiger charge is 2.21. The summed E-state index contributed by atoms with van der Waals surface area (Å²) in [6.07, 6.45) is 13.1. The molecule has 0 saturated carbocycles. The maximum atomic E-state index is 2.32. The fourth-order valence-corrected chi connectivity index (χ4v) is 1.53. The number of hydrogen-bond acceptors (Lipinski definition) is 0. The second kappa shape index (κ2) is 4.38. The molecule has 0 spiro atoms. The lowest BCUT2D eigenvalue weighted by Gasteiger charge is -2.12. The Bertz CT molecular complexity index is 147. The van der Waals surface area contributed by atoms with Crippen molar-refractivity contribution < 1.29 is 0 Å². The van der Waals surface area contributed by atoms with Crippen LogP contribution in [-0.2, 0) is 0 Å². The van der Waals surface area contributed by atoms with Gasteiger partial charge in [0.15, 0.2) is 0 Å². The summed E-state index contributed by atoms with van der Waals surface area (Å²) in [4.78, 5) is 0. The molecule has 0 amide bonds. The van der Waals surface area contributed by atoms with E-state index in [1.165, 1.54) is 19.3 Å². The van der Waals surface area contributed by atoms with E-state index in [2.05, 4.69) is 38.2 Å². The van der Waals surface area contributed by atoms with Crippen LogP contribution in [0.5, 0.6) is 0 Å². The van der Waals surface area contributed by atoms with Crippen molar-refractivity contribution in [3.63, 3.8) is 0 Å². The minimum Gasteiger partial charge on any atom is -0.0917 e. The van der Waals surface area contributed by atoms with Gasteiger partial charge in [-0.3, -0.25) is 0 Å². The first kappa shape index (κ1) is 8.58. The normalized spacial score (nSPS) is 19.5. The van der Waals surface area contributed by atoms with E-state index in [4.69, 9.17) is 0 Å². The number of allylic oxidation sites excluding steroid dienone is 4. The van der Waals surface area contributed by atoms with Crippen molar-refractivity contribution in [1.82, 2.24) is 0 Å². The summed E-state index contributed by atoms with van der Waals surface area (Å²) < 4.78 is 0. The summed E-state index contributed by atoms with van der Waals surface area (Å²) >= 11 is 0. The Morgan fingerprint density at radius 3 is 2.64 bits per heavy atom. The lowest BCUT2D eigenvalue weighted by Crippen LogP contribution is -2.01. The van der Waals surface area contributed by atoms with Gasteiger partial charge in [-0.25, -0.2) is 0 Å². The molecule has 1 atom stereocenters. The number of hydrogen-bond donors (Lipinski definition) is 0. The topological polar surface area (TPSA) is 0 Å². The fraction of sp³-hybridized carbons (Fsp3) is 0.636. The molecular formula is C11H18. The third kappa shape index (κ3) is 2.92. The van der Waals surface area contributed by atoms with Crippen molar-refractivity contribution in [2.45, 2.75) is 33.1 Å². The molecule has 0 bridgehead atoms. The highest BCUT2D eigenvalue weighted by Crippen LogP contribution is 2.32. The van der Waals surface area contributed by atoms with Crippen LogP contribution in [-0.4, -0.2) is 0 Å². The van der Waals surface area contributed by atoms with E-state index in [-0.39, 0.29) is 0 Å². The van der Waals surface area contributed by atoms with E-state index < -0.39 is 0 Å². The zero-order valence-electron chi connectivity index (χ0n) is 7.59. The Morgan fingerprint density at radius 1 is 1.45 bits per heavy atom. The largest absolute Gasteiger partial charge is 0.0917 e. The van der Waals surface area contributed by atoms with Gasteiger partial charge in [-0.1, -0.05) is 37.6 Å². The van der Waals surface area contributed by atoms with Gasteiger partial charge in [0.1, 0.15) is 0 Å². The van der Waals surface area contributed by atoms with Crippen LogP contribution in [0.1, 0.15) is 33.1 Å². The SMILES string of the molecule is CC=CCC(CCC)C1C=C1. The van der Waals surface area contributed by atoms with Gasteiger partial charge in [0.25, 0.3) is 0 Å². The van der Waals surface area contributed by atoms with Crippen LogP contribution in [0, 0.1) is 11.8 Å². The highest BCUT2D eigenvalue weighted by molar-refractivity contribution is 5.16. The van der Waals surface area contributed by atoms with Gasteiger partial charge in [-0.05, 0) is 31.6 Å². The van der Waals surface area contributed by atoms with E-state index in [0.717, 1.165) is 11.8 Å². The molecule has 1 aliphatic carbocycles. The molecular weight excluding hydrogens is 132 g/mol. The zero-order valence-corrected chi connectivity index (χ0v) is 7.59. The van der Waals surface area contributed by atoms with Crippen LogP contribution in [0.3, 0.4) is 0 Å². The molecule has 1 rings (SSSR count). The highest BCUT2D eigenvalue weighted by atomic mass is 14.3. The first-order valence-corrected chi connectivity index (χ1v) is 4.68. The van der Waals surface area contributed by atoms with Crippen molar-refractivity contribution in [2.24, 2.45) is 11.8 Å². The van der Waals surface area contributed by atoms with Gasteiger partial charge in [0.2, 0.25) is 0 Å². The predicted octanol–water partition coefficient (Wildman–Crippen LogP) is 3.55. The molecule has 1 aliphatic rings. The fourth-order valence-electron chi connectivity index (χ4n) is 1.53. The third-order valence-electron chi connectivity index (χ3n) is 2.29. The molecule has 11 heavy (non-hydrogen) atoms. The van der Waals surface area contributed by atoms with Crippen molar-refractivity contribution in [2.75, 3.05) is 0 Å². The van der Waals surface area contributed by atoms with Gasteiger partial charge in [-0.15, -0.1) is 0 Å². The summed E-state index contributed by atoms with van der Waals surface area (Å²) in [5.74, 6) is 1.74. The van der Waals surface area contributed by atoms with Crippen molar-refractivity contribution in [3.8, 4) is 0 Å². The molecule has 0 nitrogen and oxygen atoms in total. The smallest absolute Gasteiger partial charge is 0.00218 e. The first-order valence-electron chi connectivity index (χ1n) is 4.68. The second-order valence-electron chi connectivity index (χ2n) is 3.32. The van der Waals surface area contributed by atoms with Crippen LogP contribution in [0.2, 0.25) is 0 Å². The quantitative estimate of drug-likeness (QED) is 0.526. The summed E-state index contributed by atoms with van der Waals surface area (Å²) in [6.45, 7) is 4.37. The summed E-state index contributed by atoms with van der Waals surface area (Å²) in [6, 6.07) is 0. The molecule has 0 aromatic heterocycles. The maximum absolute atomic E-state index is 2.32. The summed E-state index contributed by atoms with van der Waals surface area (Å²) in [5, 5.41) is 0. The average molecular weight is 150 g/mol. The third-order valence-corrected chi connectivity index (χ3v) is 2.29. The van der Waals surface area contributed by atoms with E-state index in [9.17, 15) is 0 Å².